The Kier molecular flexibility index (Phi) is 5.93. The molecule has 0 fully saturated rings. The first-order chi connectivity index (χ1) is 11.0. The molecule has 5 heteroatoms. The quantitative estimate of drug-likeness (QED) is 0.567. The number of carbonyl (C=O) groups is 2. The Hall–Kier alpha value is -2.14. The average molecular weight is 377 g/mol. The highest BCUT2D eigenvalue weighted by Crippen LogP contribution is 2.16. The summed E-state index contributed by atoms with van der Waals surface area (Å²) in [6, 6.07) is 12.7. The molecular formula is C18H17BrO4. The van der Waals surface area contributed by atoms with Crippen molar-refractivity contribution in [3.8, 4) is 5.75 Å². The third-order valence-electron chi connectivity index (χ3n) is 3.23. The summed E-state index contributed by atoms with van der Waals surface area (Å²) in [5.41, 5.74) is 2.43. The Morgan fingerprint density at radius 1 is 1.00 bits per heavy atom. The molecule has 0 radical (unpaired) electrons. The summed E-state index contributed by atoms with van der Waals surface area (Å²) < 4.78 is 11.2. The molecule has 4 nitrogen and oxygen atoms in total. The van der Waals surface area contributed by atoms with E-state index in [1.165, 1.54) is 0 Å². The van der Waals surface area contributed by atoms with Gasteiger partial charge < -0.3 is 9.47 Å². The Morgan fingerprint density at radius 3 is 2.39 bits per heavy atom. The Bertz CT molecular complexity index is 707. The topological polar surface area (TPSA) is 52.6 Å². The highest BCUT2D eigenvalue weighted by molar-refractivity contribution is 9.10. The summed E-state index contributed by atoms with van der Waals surface area (Å²) in [4.78, 5) is 23.8. The molecule has 2 aromatic rings. The molecule has 0 aliphatic heterocycles. The summed E-state index contributed by atoms with van der Waals surface area (Å²) in [6.07, 6.45) is 0. The van der Waals surface area contributed by atoms with Crippen molar-refractivity contribution in [1.82, 2.24) is 0 Å². The van der Waals surface area contributed by atoms with Gasteiger partial charge in [-0.25, -0.2) is 4.79 Å². The van der Waals surface area contributed by atoms with Crippen LogP contribution in [0.25, 0.3) is 0 Å². The number of aryl methyl sites for hydroxylation is 2. The molecule has 120 valence electrons. The molecule has 2 rings (SSSR count). The van der Waals surface area contributed by atoms with Crippen LogP contribution in [0.5, 0.6) is 5.75 Å². The first-order valence-electron chi connectivity index (χ1n) is 7.10. The van der Waals surface area contributed by atoms with E-state index in [1.807, 2.05) is 38.1 Å². The van der Waals surface area contributed by atoms with Gasteiger partial charge in [0.25, 0.3) is 0 Å². The van der Waals surface area contributed by atoms with E-state index in [4.69, 9.17) is 9.47 Å². The van der Waals surface area contributed by atoms with Crippen LogP contribution in [0.3, 0.4) is 0 Å². The number of hydrogen-bond donors (Lipinski definition) is 0. The second-order valence-electron chi connectivity index (χ2n) is 5.14. The number of carbonyl (C=O) groups excluding carboxylic acids is 2. The van der Waals surface area contributed by atoms with E-state index in [9.17, 15) is 9.59 Å². The molecule has 23 heavy (non-hydrogen) atoms. The Labute approximate surface area is 143 Å². The lowest BCUT2D eigenvalue weighted by atomic mass is 10.0. The van der Waals surface area contributed by atoms with Crippen molar-refractivity contribution in [2.24, 2.45) is 0 Å². The molecule has 0 N–H and O–H groups in total. The molecule has 0 unspecified atom stereocenters. The maximum absolute atomic E-state index is 12.1. The minimum Gasteiger partial charge on any atom is -0.482 e. The van der Waals surface area contributed by atoms with E-state index in [1.54, 1.807) is 18.2 Å². The summed E-state index contributed by atoms with van der Waals surface area (Å²) in [6.45, 7) is 3.24. The van der Waals surface area contributed by atoms with Crippen molar-refractivity contribution in [3.05, 3.63) is 63.6 Å². The van der Waals surface area contributed by atoms with Crippen LogP contribution in [0.15, 0.2) is 46.9 Å². The molecule has 0 aromatic heterocycles. The normalized spacial score (nSPS) is 10.2. The van der Waals surface area contributed by atoms with Crippen molar-refractivity contribution in [1.29, 1.82) is 0 Å². The predicted molar refractivity (Wildman–Crippen MR) is 90.8 cm³/mol. The van der Waals surface area contributed by atoms with Gasteiger partial charge in [-0.1, -0.05) is 33.6 Å². The summed E-state index contributed by atoms with van der Waals surface area (Å²) in [5, 5.41) is 0. The van der Waals surface area contributed by atoms with Gasteiger partial charge in [-0.15, -0.1) is 0 Å². The lowest BCUT2D eigenvalue weighted by Gasteiger charge is -2.08. The highest BCUT2D eigenvalue weighted by atomic mass is 79.9. The van der Waals surface area contributed by atoms with E-state index < -0.39 is 5.97 Å². The van der Waals surface area contributed by atoms with Crippen molar-refractivity contribution >= 4 is 27.7 Å². The van der Waals surface area contributed by atoms with E-state index >= 15 is 0 Å². The van der Waals surface area contributed by atoms with Gasteiger partial charge in [0.2, 0.25) is 5.78 Å². The molecule has 0 amide bonds. The maximum atomic E-state index is 12.1. The number of ether oxygens (including phenoxy) is 2. The fourth-order valence-electron chi connectivity index (χ4n) is 1.97. The van der Waals surface area contributed by atoms with Crippen LogP contribution in [-0.4, -0.2) is 25.0 Å². The van der Waals surface area contributed by atoms with Crippen LogP contribution in [0.4, 0.5) is 0 Å². The number of esters is 1. The molecule has 0 aliphatic rings. The lowest BCUT2D eigenvalue weighted by Crippen LogP contribution is -2.20. The van der Waals surface area contributed by atoms with Crippen molar-refractivity contribution < 1.29 is 19.1 Å². The van der Waals surface area contributed by atoms with Gasteiger partial charge >= 0.3 is 5.97 Å². The van der Waals surface area contributed by atoms with E-state index in [-0.39, 0.29) is 19.0 Å². The molecular weight excluding hydrogens is 360 g/mol. The molecule has 0 atom stereocenters. The Balaban J connectivity index is 1.83. The third-order valence-corrected chi connectivity index (χ3v) is 3.76. The number of hydrogen-bond acceptors (Lipinski definition) is 4. The van der Waals surface area contributed by atoms with Crippen molar-refractivity contribution in [2.75, 3.05) is 13.2 Å². The van der Waals surface area contributed by atoms with Crippen LogP contribution in [0.2, 0.25) is 0 Å². The lowest BCUT2D eigenvalue weighted by molar-refractivity contribution is -0.144. The van der Waals surface area contributed by atoms with E-state index in [2.05, 4.69) is 15.9 Å². The fourth-order valence-corrected chi connectivity index (χ4v) is 2.24. The smallest absolute Gasteiger partial charge is 0.344 e. The summed E-state index contributed by atoms with van der Waals surface area (Å²) in [7, 11) is 0. The zero-order valence-corrected chi connectivity index (χ0v) is 14.6. The van der Waals surface area contributed by atoms with Gasteiger partial charge in [-0.2, -0.15) is 0 Å². The second-order valence-corrected chi connectivity index (χ2v) is 6.06. The van der Waals surface area contributed by atoms with Crippen LogP contribution in [0, 0.1) is 13.8 Å². The zero-order valence-electron chi connectivity index (χ0n) is 13.0. The van der Waals surface area contributed by atoms with Gasteiger partial charge in [0, 0.05) is 10.0 Å². The molecule has 2 aromatic carbocycles. The number of Topliss-reactive ketones (excluding diaryl/α,β-unsaturated/α-hetero) is 1. The first kappa shape index (κ1) is 17.2. The maximum Gasteiger partial charge on any atom is 0.344 e. The summed E-state index contributed by atoms with van der Waals surface area (Å²) >= 11 is 3.31. The van der Waals surface area contributed by atoms with Crippen molar-refractivity contribution in [3.63, 3.8) is 0 Å². The van der Waals surface area contributed by atoms with Gasteiger partial charge in [-0.3, -0.25) is 4.79 Å². The molecule has 0 spiro atoms. The largest absolute Gasteiger partial charge is 0.482 e. The monoisotopic (exact) mass is 376 g/mol. The fraction of sp³-hybridized carbons (Fsp3) is 0.222. The predicted octanol–water partition coefficient (Wildman–Crippen LogP) is 3.87. The van der Waals surface area contributed by atoms with E-state index in [0.29, 0.717) is 11.3 Å². The van der Waals surface area contributed by atoms with Gasteiger partial charge in [0.1, 0.15) is 5.75 Å². The number of benzene rings is 2. The minimum atomic E-state index is -0.577. The molecule has 0 saturated heterocycles. The number of rotatable bonds is 6. The second kappa shape index (κ2) is 7.92. The van der Waals surface area contributed by atoms with Crippen LogP contribution in [0.1, 0.15) is 21.5 Å². The summed E-state index contributed by atoms with van der Waals surface area (Å²) in [5.74, 6) is -0.235. The van der Waals surface area contributed by atoms with E-state index in [0.717, 1.165) is 15.6 Å². The standard InChI is InChI=1S/C18H17BrO4/c1-12-3-4-13(2)16(9-12)17(20)10-23-18(21)11-22-15-7-5-14(19)6-8-15/h3-9H,10-11H2,1-2H3. The van der Waals surface area contributed by atoms with Gasteiger partial charge in [-0.05, 0) is 49.7 Å². The highest BCUT2D eigenvalue weighted by Gasteiger charge is 2.13. The SMILES string of the molecule is Cc1ccc(C)c(C(=O)COC(=O)COc2ccc(Br)cc2)c1. The first-order valence-corrected chi connectivity index (χ1v) is 7.89. The molecule has 0 saturated carbocycles. The number of halogens is 1. The molecule has 0 aliphatic carbocycles. The van der Waals surface area contributed by atoms with Crippen LogP contribution >= 0.6 is 15.9 Å². The molecule has 0 heterocycles. The minimum absolute atomic E-state index is 0.219. The van der Waals surface area contributed by atoms with Crippen LogP contribution < -0.4 is 4.74 Å². The van der Waals surface area contributed by atoms with Crippen molar-refractivity contribution in [2.45, 2.75) is 13.8 Å². The van der Waals surface area contributed by atoms with Gasteiger partial charge in [0.15, 0.2) is 13.2 Å². The average Bonchev–Trinajstić information content (AvgIpc) is 2.54. The number of ketones is 1. The molecule has 0 bridgehead atoms. The van der Waals surface area contributed by atoms with Crippen LogP contribution in [-0.2, 0) is 9.53 Å². The Morgan fingerprint density at radius 2 is 1.70 bits per heavy atom. The zero-order chi connectivity index (χ0) is 16.8. The third kappa shape index (κ3) is 5.21. The van der Waals surface area contributed by atoms with Gasteiger partial charge in [0.05, 0.1) is 0 Å².